The minimum Gasteiger partial charge on any atom is -0.493 e. The summed E-state index contributed by atoms with van der Waals surface area (Å²) >= 11 is 6.19. The van der Waals surface area contributed by atoms with Crippen molar-refractivity contribution in [2.24, 2.45) is 9.98 Å². The van der Waals surface area contributed by atoms with E-state index in [-0.39, 0.29) is 0 Å². The van der Waals surface area contributed by atoms with Crippen molar-refractivity contribution in [1.29, 1.82) is 0 Å². The third kappa shape index (κ3) is 4.26. The van der Waals surface area contributed by atoms with Crippen molar-refractivity contribution in [2.75, 3.05) is 46.6 Å². The van der Waals surface area contributed by atoms with Gasteiger partial charge in [-0.2, -0.15) is 0 Å². The molecule has 0 bridgehead atoms. The molecule has 0 amide bonds. The summed E-state index contributed by atoms with van der Waals surface area (Å²) in [6, 6.07) is 9.71. The van der Waals surface area contributed by atoms with Crippen LogP contribution in [0.5, 0.6) is 11.5 Å². The minimum atomic E-state index is 0.615. The van der Waals surface area contributed by atoms with Gasteiger partial charge in [0, 0.05) is 36.3 Å². The summed E-state index contributed by atoms with van der Waals surface area (Å²) in [5.74, 6) is 2.23. The largest absolute Gasteiger partial charge is 0.493 e. The average Bonchev–Trinajstić information content (AvgIpc) is 2.80. The molecule has 8 heteroatoms. The van der Waals surface area contributed by atoms with Crippen molar-refractivity contribution in [2.45, 2.75) is 13.0 Å². The molecule has 5 rings (SSSR count). The van der Waals surface area contributed by atoms with Gasteiger partial charge >= 0.3 is 0 Å². The number of nitrogens with zero attached hydrogens (tertiary/aromatic N) is 4. The van der Waals surface area contributed by atoms with E-state index in [1.807, 2.05) is 41.6 Å². The lowest BCUT2D eigenvalue weighted by molar-refractivity contribution is 0.0357. The number of hydrogen-bond acceptors (Lipinski definition) is 7. The van der Waals surface area contributed by atoms with Gasteiger partial charge in [0.15, 0.2) is 11.5 Å². The standard InChI is InChI=1S/C23H25ClN4O3/c1-29-21-13-20-18(12-22(21)31-8-2-5-27-6-9-30-10-7-27)23-26-19-11-17(24)4-3-16(19)14-28(23)15-25-20/h3-4,11-13,15H,2,5-10,14H2,1H3. The maximum atomic E-state index is 6.19. The van der Waals surface area contributed by atoms with Gasteiger partial charge in [-0.1, -0.05) is 17.7 Å². The van der Waals surface area contributed by atoms with Crippen LogP contribution in [0.25, 0.3) is 0 Å². The number of benzene rings is 2. The van der Waals surface area contributed by atoms with Crippen molar-refractivity contribution in [3.8, 4) is 11.5 Å². The smallest absolute Gasteiger partial charge is 0.162 e. The second-order valence-corrected chi connectivity index (χ2v) is 8.19. The Kier molecular flexibility index (Phi) is 5.80. The first-order valence-electron chi connectivity index (χ1n) is 10.5. The fourth-order valence-corrected chi connectivity index (χ4v) is 4.22. The number of fused-ring (bicyclic) bond motifs is 4. The molecule has 2 aromatic rings. The van der Waals surface area contributed by atoms with Gasteiger partial charge in [-0.05, 0) is 30.2 Å². The summed E-state index contributed by atoms with van der Waals surface area (Å²) in [6.07, 6.45) is 2.76. The third-order valence-electron chi connectivity index (χ3n) is 5.73. The number of hydrogen-bond donors (Lipinski definition) is 0. The maximum absolute atomic E-state index is 6.19. The zero-order chi connectivity index (χ0) is 21.2. The van der Waals surface area contributed by atoms with E-state index in [9.17, 15) is 0 Å². The summed E-state index contributed by atoms with van der Waals surface area (Å²) in [5, 5.41) is 0.681. The first-order chi connectivity index (χ1) is 15.2. The highest BCUT2D eigenvalue weighted by atomic mass is 35.5. The van der Waals surface area contributed by atoms with Crippen molar-refractivity contribution < 1.29 is 14.2 Å². The fraction of sp³-hybridized carbons (Fsp3) is 0.391. The van der Waals surface area contributed by atoms with Gasteiger partial charge < -0.3 is 19.1 Å². The van der Waals surface area contributed by atoms with E-state index in [1.165, 1.54) is 0 Å². The lowest BCUT2D eigenvalue weighted by atomic mass is 10.0. The molecule has 162 valence electrons. The highest BCUT2D eigenvalue weighted by Gasteiger charge is 2.27. The Labute approximate surface area is 186 Å². The molecule has 1 fully saturated rings. The predicted molar refractivity (Wildman–Crippen MR) is 122 cm³/mol. The zero-order valence-electron chi connectivity index (χ0n) is 17.5. The lowest BCUT2D eigenvalue weighted by Crippen LogP contribution is -2.37. The summed E-state index contributed by atoms with van der Waals surface area (Å²) < 4.78 is 17.1. The van der Waals surface area contributed by atoms with Gasteiger partial charge in [0.1, 0.15) is 5.84 Å². The van der Waals surface area contributed by atoms with Gasteiger partial charge in [-0.25, -0.2) is 9.98 Å². The van der Waals surface area contributed by atoms with Gasteiger partial charge in [0.25, 0.3) is 0 Å². The summed E-state index contributed by atoms with van der Waals surface area (Å²) in [6.45, 7) is 5.92. The van der Waals surface area contributed by atoms with E-state index in [1.54, 1.807) is 7.11 Å². The topological polar surface area (TPSA) is 58.9 Å². The molecule has 0 N–H and O–H groups in total. The molecule has 1 saturated heterocycles. The van der Waals surface area contributed by atoms with Crippen LogP contribution in [0, 0.1) is 0 Å². The quantitative estimate of drug-likeness (QED) is 0.635. The van der Waals surface area contributed by atoms with Crippen LogP contribution in [0.1, 0.15) is 17.5 Å². The van der Waals surface area contributed by atoms with E-state index in [0.717, 1.165) is 67.6 Å². The van der Waals surface area contributed by atoms with E-state index >= 15 is 0 Å². The first-order valence-corrected chi connectivity index (χ1v) is 10.9. The van der Waals surface area contributed by atoms with Gasteiger partial charge in [-0.3, -0.25) is 4.90 Å². The molecule has 3 aliphatic rings. The van der Waals surface area contributed by atoms with E-state index in [4.69, 9.17) is 30.8 Å². The molecule has 0 aliphatic carbocycles. The Bertz CT molecular complexity index is 1030. The summed E-state index contributed by atoms with van der Waals surface area (Å²) in [7, 11) is 1.65. The molecular formula is C23H25ClN4O3. The van der Waals surface area contributed by atoms with Crippen LogP contribution >= 0.6 is 11.6 Å². The average molecular weight is 441 g/mol. The molecular weight excluding hydrogens is 416 g/mol. The van der Waals surface area contributed by atoms with Crippen LogP contribution in [0.4, 0.5) is 11.4 Å². The van der Waals surface area contributed by atoms with E-state index in [0.29, 0.717) is 29.7 Å². The Morgan fingerprint density at radius 3 is 2.81 bits per heavy atom. The Hall–Kier alpha value is -2.61. The van der Waals surface area contributed by atoms with Crippen molar-refractivity contribution in [1.82, 2.24) is 9.80 Å². The molecule has 0 unspecified atom stereocenters. The van der Waals surface area contributed by atoms with Crippen LogP contribution < -0.4 is 9.47 Å². The van der Waals surface area contributed by atoms with E-state index in [2.05, 4.69) is 9.89 Å². The molecule has 0 atom stereocenters. The molecule has 0 aromatic heterocycles. The summed E-state index contributed by atoms with van der Waals surface area (Å²) in [5.41, 5.74) is 3.76. The van der Waals surface area contributed by atoms with Crippen molar-refractivity contribution >= 4 is 35.1 Å². The molecule has 3 heterocycles. The fourth-order valence-electron chi connectivity index (χ4n) is 4.06. The first kappa shape index (κ1) is 20.3. The molecule has 0 spiro atoms. The molecule has 3 aliphatic heterocycles. The molecule has 2 aromatic carbocycles. The highest BCUT2D eigenvalue weighted by Crippen LogP contribution is 2.40. The van der Waals surface area contributed by atoms with Gasteiger partial charge in [0.2, 0.25) is 0 Å². The van der Waals surface area contributed by atoms with Gasteiger partial charge in [0.05, 0.1) is 51.2 Å². The molecule has 0 saturated carbocycles. The second-order valence-electron chi connectivity index (χ2n) is 7.76. The van der Waals surface area contributed by atoms with Gasteiger partial charge in [-0.15, -0.1) is 0 Å². The number of methoxy groups -OCH3 is 1. The molecule has 0 radical (unpaired) electrons. The number of rotatable bonds is 6. The maximum Gasteiger partial charge on any atom is 0.162 e. The van der Waals surface area contributed by atoms with Crippen molar-refractivity contribution in [3.05, 3.63) is 46.5 Å². The number of aliphatic imine (C=N–C) groups is 2. The molecule has 7 nitrogen and oxygen atoms in total. The van der Waals surface area contributed by atoms with Crippen LogP contribution in [0.3, 0.4) is 0 Å². The Balaban J connectivity index is 1.37. The Morgan fingerprint density at radius 1 is 1.10 bits per heavy atom. The number of halogens is 1. The Morgan fingerprint density at radius 2 is 1.97 bits per heavy atom. The highest BCUT2D eigenvalue weighted by molar-refractivity contribution is 6.31. The SMILES string of the molecule is COc1cc2c(cc1OCCCN1CCOCC1)C1=Nc3cc(Cl)ccc3CN1C=N2. The van der Waals surface area contributed by atoms with Crippen LogP contribution in [-0.4, -0.2) is 68.5 Å². The van der Waals surface area contributed by atoms with E-state index < -0.39 is 0 Å². The van der Waals surface area contributed by atoms with Crippen LogP contribution in [-0.2, 0) is 11.3 Å². The number of morpholine rings is 1. The number of ether oxygens (including phenoxy) is 3. The third-order valence-corrected chi connectivity index (χ3v) is 5.96. The normalized spacial score (nSPS) is 17.5. The van der Waals surface area contributed by atoms with Crippen LogP contribution in [0.15, 0.2) is 40.3 Å². The van der Waals surface area contributed by atoms with Crippen molar-refractivity contribution in [3.63, 3.8) is 0 Å². The number of amidine groups is 1. The predicted octanol–water partition coefficient (Wildman–Crippen LogP) is 4.02. The monoisotopic (exact) mass is 440 g/mol. The zero-order valence-corrected chi connectivity index (χ0v) is 18.3. The second kappa shape index (κ2) is 8.86. The molecule has 31 heavy (non-hydrogen) atoms. The lowest BCUT2D eigenvalue weighted by Gasteiger charge is -2.30. The minimum absolute atomic E-state index is 0.615. The summed E-state index contributed by atoms with van der Waals surface area (Å²) in [4.78, 5) is 13.9. The van der Waals surface area contributed by atoms with Crippen LogP contribution in [0.2, 0.25) is 5.02 Å².